The molecule has 0 saturated heterocycles. The van der Waals surface area contributed by atoms with Gasteiger partial charge in [0.05, 0.1) is 41.5 Å². The molecule has 174 valence electrons. The van der Waals surface area contributed by atoms with E-state index in [0.717, 1.165) is 5.57 Å². The number of ether oxygens (including phenoxy) is 1. The maximum absolute atomic E-state index is 12.1. The molecule has 4 fully saturated rings. The van der Waals surface area contributed by atoms with Crippen LogP contribution in [-0.2, 0) is 9.53 Å². The van der Waals surface area contributed by atoms with Gasteiger partial charge in [-0.05, 0) is 49.5 Å². The van der Waals surface area contributed by atoms with Gasteiger partial charge in [-0.25, -0.2) is 4.79 Å². The van der Waals surface area contributed by atoms with E-state index in [9.17, 15) is 35.4 Å². The number of aliphatic hydroxyl groups is 6. The minimum atomic E-state index is -1.52. The number of fused-ring (bicyclic) bond motifs is 5. The van der Waals surface area contributed by atoms with Crippen LogP contribution < -0.4 is 0 Å². The third kappa shape index (κ3) is 2.55. The molecule has 5 aliphatic rings. The fraction of sp³-hybridized carbons (Fsp3) is 0.870. The maximum atomic E-state index is 12.1. The lowest BCUT2D eigenvalue weighted by molar-refractivity contribution is -0.317. The van der Waals surface area contributed by atoms with E-state index in [1.54, 1.807) is 0 Å². The van der Waals surface area contributed by atoms with Crippen LogP contribution in [0.5, 0.6) is 0 Å². The van der Waals surface area contributed by atoms with E-state index in [4.69, 9.17) is 4.74 Å². The number of hydrogen-bond acceptors (Lipinski definition) is 8. The Balaban J connectivity index is 1.58. The quantitative estimate of drug-likeness (QED) is 0.320. The van der Waals surface area contributed by atoms with E-state index >= 15 is 0 Å². The largest absolute Gasteiger partial charge is 0.458 e. The second-order valence-corrected chi connectivity index (χ2v) is 11.0. The van der Waals surface area contributed by atoms with Gasteiger partial charge in [0, 0.05) is 30.3 Å². The molecule has 0 unspecified atom stereocenters. The molecule has 0 aromatic carbocycles. The van der Waals surface area contributed by atoms with Crippen molar-refractivity contribution in [3.8, 4) is 0 Å². The average Bonchev–Trinajstić information content (AvgIpc) is 3.21. The fourth-order valence-corrected chi connectivity index (χ4v) is 8.69. The van der Waals surface area contributed by atoms with Gasteiger partial charge in [-0.1, -0.05) is 6.92 Å². The summed E-state index contributed by atoms with van der Waals surface area (Å²) in [5.74, 6) is -1.62. The van der Waals surface area contributed by atoms with Crippen molar-refractivity contribution in [2.24, 2.45) is 28.6 Å². The van der Waals surface area contributed by atoms with Crippen molar-refractivity contribution in [2.45, 2.75) is 81.4 Å². The third-order valence-corrected chi connectivity index (χ3v) is 10.1. The minimum absolute atomic E-state index is 0.0173. The second-order valence-electron chi connectivity index (χ2n) is 11.0. The Hall–Kier alpha value is -1.03. The first-order chi connectivity index (χ1) is 14.5. The highest BCUT2D eigenvalue weighted by Gasteiger charge is 2.75. The highest BCUT2D eigenvalue weighted by molar-refractivity contribution is 5.85. The van der Waals surface area contributed by atoms with Crippen LogP contribution in [0.2, 0.25) is 0 Å². The Kier molecular flexibility index (Phi) is 4.74. The Bertz CT molecular complexity index is 813. The summed E-state index contributed by atoms with van der Waals surface area (Å²) in [5, 5.41) is 67.0. The predicted molar refractivity (Wildman–Crippen MR) is 107 cm³/mol. The summed E-state index contributed by atoms with van der Waals surface area (Å²) in [5.41, 5.74) is -3.95. The first-order valence-corrected chi connectivity index (χ1v) is 11.5. The summed E-state index contributed by atoms with van der Waals surface area (Å²) in [4.78, 5) is 11.7. The normalized spacial score (nSPS) is 56.4. The van der Waals surface area contributed by atoms with E-state index in [1.807, 2.05) is 6.92 Å². The van der Waals surface area contributed by atoms with Gasteiger partial charge < -0.3 is 35.4 Å². The first-order valence-electron chi connectivity index (χ1n) is 11.5. The van der Waals surface area contributed by atoms with Crippen molar-refractivity contribution in [1.29, 1.82) is 0 Å². The molecule has 0 spiro atoms. The first kappa shape index (κ1) is 21.8. The van der Waals surface area contributed by atoms with Crippen molar-refractivity contribution < 1.29 is 40.2 Å². The number of cyclic esters (lactones) is 1. The molecule has 8 heteroatoms. The Morgan fingerprint density at radius 2 is 1.87 bits per heavy atom. The number of esters is 1. The van der Waals surface area contributed by atoms with Crippen LogP contribution in [0.3, 0.4) is 0 Å². The summed E-state index contributed by atoms with van der Waals surface area (Å²) >= 11 is 0. The summed E-state index contributed by atoms with van der Waals surface area (Å²) in [6, 6.07) is 0. The van der Waals surface area contributed by atoms with E-state index in [2.05, 4.69) is 0 Å². The van der Waals surface area contributed by atoms with E-state index in [0.29, 0.717) is 19.3 Å². The van der Waals surface area contributed by atoms with Crippen LogP contribution >= 0.6 is 0 Å². The van der Waals surface area contributed by atoms with Gasteiger partial charge in [0.25, 0.3) is 0 Å². The monoisotopic (exact) mass is 438 g/mol. The summed E-state index contributed by atoms with van der Waals surface area (Å²) in [6.07, 6.45) is 0.531. The Morgan fingerprint density at radius 1 is 1.13 bits per heavy atom. The van der Waals surface area contributed by atoms with Crippen LogP contribution in [0.15, 0.2) is 11.6 Å². The minimum Gasteiger partial charge on any atom is -0.458 e. The highest BCUT2D eigenvalue weighted by atomic mass is 16.5. The van der Waals surface area contributed by atoms with Gasteiger partial charge in [0.15, 0.2) is 0 Å². The Morgan fingerprint density at radius 3 is 2.52 bits per heavy atom. The molecule has 6 N–H and O–H groups in total. The maximum Gasteiger partial charge on any atom is 0.331 e. The predicted octanol–water partition coefficient (Wildman–Crippen LogP) is -0.367. The van der Waals surface area contributed by atoms with Crippen LogP contribution in [-0.4, -0.2) is 79.3 Å². The zero-order chi connectivity index (χ0) is 22.4. The summed E-state index contributed by atoms with van der Waals surface area (Å²) in [6.45, 7) is 1.64. The van der Waals surface area contributed by atoms with Crippen molar-refractivity contribution >= 4 is 5.97 Å². The molecule has 8 nitrogen and oxygen atoms in total. The average molecular weight is 439 g/mol. The molecule has 1 heterocycles. The van der Waals surface area contributed by atoms with Gasteiger partial charge in [-0.3, -0.25) is 0 Å². The number of hydrogen-bond donors (Lipinski definition) is 6. The fourth-order valence-electron chi connectivity index (χ4n) is 8.69. The molecular weight excluding hydrogens is 404 g/mol. The molecule has 10 atom stereocenters. The molecule has 4 saturated carbocycles. The molecule has 0 radical (unpaired) electrons. The van der Waals surface area contributed by atoms with Gasteiger partial charge >= 0.3 is 5.97 Å². The summed E-state index contributed by atoms with van der Waals surface area (Å²) < 4.78 is 5.11. The van der Waals surface area contributed by atoms with Crippen molar-refractivity contribution in [2.75, 3.05) is 13.2 Å². The highest BCUT2D eigenvalue weighted by Crippen LogP contribution is 2.70. The van der Waals surface area contributed by atoms with Gasteiger partial charge in [0.1, 0.15) is 6.61 Å². The number of rotatable bonds is 2. The second kappa shape index (κ2) is 6.74. The topological polar surface area (TPSA) is 148 Å². The third-order valence-electron chi connectivity index (χ3n) is 10.1. The van der Waals surface area contributed by atoms with Gasteiger partial charge in [0.2, 0.25) is 0 Å². The van der Waals surface area contributed by atoms with Crippen LogP contribution in [0.25, 0.3) is 0 Å². The zero-order valence-corrected chi connectivity index (χ0v) is 17.9. The molecule has 0 aromatic heterocycles. The molecule has 5 rings (SSSR count). The SMILES string of the molecule is C[C@]12C[C@@H](O)[C@@H]3[C@@H](CC[C@]4(O)C[C@@H](O)C[C@@H](O)[C@]34CO)[C@@]1(O)CC[C@@H]2C1=CC(=O)OC1. The lowest BCUT2D eigenvalue weighted by Gasteiger charge is -2.68. The molecule has 0 bridgehead atoms. The van der Waals surface area contributed by atoms with E-state index in [-0.39, 0.29) is 44.2 Å². The lowest BCUT2D eigenvalue weighted by atomic mass is 9.40. The molecule has 1 aliphatic heterocycles. The number of carbonyl (C=O) groups is 1. The van der Waals surface area contributed by atoms with Crippen molar-refractivity contribution in [3.05, 3.63) is 11.6 Å². The van der Waals surface area contributed by atoms with Crippen LogP contribution in [0.1, 0.15) is 51.9 Å². The summed E-state index contributed by atoms with van der Waals surface area (Å²) in [7, 11) is 0. The zero-order valence-electron chi connectivity index (χ0n) is 17.9. The standard InChI is InChI=1S/C23H34O8/c1-20-9-16(26)19-15(23(20,30)5-3-14(20)12-6-18(28)31-10-12)2-4-21(29)8-13(25)7-17(27)22(19,21)11-24/h6,13-17,19,24-27,29-30H,2-5,7-11H2,1H3/t13-,14+,15+,16+,17+,19-,20+,21-,22+,23-/m0/s1. The Labute approximate surface area is 181 Å². The molecule has 0 amide bonds. The number of carbonyl (C=O) groups excluding carboxylic acids is 1. The molecule has 0 aromatic rings. The lowest BCUT2D eigenvalue weighted by Crippen LogP contribution is -2.75. The smallest absolute Gasteiger partial charge is 0.331 e. The molecular formula is C23H34O8. The van der Waals surface area contributed by atoms with Gasteiger partial charge in [-0.2, -0.15) is 0 Å². The van der Waals surface area contributed by atoms with Crippen LogP contribution in [0, 0.1) is 28.6 Å². The van der Waals surface area contributed by atoms with Gasteiger partial charge in [-0.15, -0.1) is 0 Å². The molecule has 4 aliphatic carbocycles. The van der Waals surface area contributed by atoms with Crippen molar-refractivity contribution in [1.82, 2.24) is 0 Å². The number of aliphatic hydroxyl groups excluding tert-OH is 4. The van der Waals surface area contributed by atoms with E-state index < -0.39 is 58.8 Å². The molecule has 31 heavy (non-hydrogen) atoms. The van der Waals surface area contributed by atoms with Crippen molar-refractivity contribution in [3.63, 3.8) is 0 Å². The van der Waals surface area contributed by atoms with Crippen LogP contribution in [0.4, 0.5) is 0 Å². The van der Waals surface area contributed by atoms with E-state index in [1.165, 1.54) is 6.08 Å².